The molecule has 0 aliphatic heterocycles. The summed E-state index contributed by atoms with van der Waals surface area (Å²) in [5, 5.41) is 0. The fraction of sp³-hybridized carbons (Fsp3) is 0.286. The molecule has 98 valence electrons. The molecule has 1 aliphatic carbocycles. The number of hydrogen-bond donors (Lipinski definition) is 1. The standard InChI is InChI=1S/C14H13FN2S2/c15-9-3-1-4-10(7-9)19-8-13-16-12-6-2-5-11(12)14(18)17-13/h1,3-4,7H,2,5-6,8H2,(H,16,17,18). The molecule has 0 unspecified atom stereocenters. The van der Waals surface area contributed by atoms with Crippen LogP contribution in [0.5, 0.6) is 0 Å². The molecule has 1 heterocycles. The SMILES string of the molecule is Fc1cccc(SCc2nc(=S)c3c([nH]2)CCC3)c1. The van der Waals surface area contributed by atoms with E-state index in [9.17, 15) is 4.39 Å². The molecule has 0 bridgehead atoms. The number of nitrogens with one attached hydrogen (secondary N) is 1. The van der Waals surface area contributed by atoms with Crippen LogP contribution in [0.1, 0.15) is 23.5 Å². The number of H-pyrrole nitrogens is 1. The van der Waals surface area contributed by atoms with Crippen LogP contribution >= 0.6 is 24.0 Å². The first-order valence-corrected chi connectivity index (χ1v) is 7.61. The van der Waals surface area contributed by atoms with Crippen LogP contribution in [0.2, 0.25) is 0 Å². The second kappa shape index (κ2) is 5.43. The number of fused-ring (bicyclic) bond motifs is 1. The van der Waals surface area contributed by atoms with Gasteiger partial charge in [0, 0.05) is 16.2 Å². The number of rotatable bonds is 3. The van der Waals surface area contributed by atoms with Gasteiger partial charge in [0.25, 0.3) is 0 Å². The number of aromatic nitrogens is 2. The quantitative estimate of drug-likeness (QED) is 0.683. The molecule has 19 heavy (non-hydrogen) atoms. The van der Waals surface area contributed by atoms with Crippen molar-refractivity contribution in [2.75, 3.05) is 0 Å². The Morgan fingerprint density at radius 3 is 3.11 bits per heavy atom. The van der Waals surface area contributed by atoms with Gasteiger partial charge in [-0.2, -0.15) is 0 Å². The monoisotopic (exact) mass is 292 g/mol. The van der Waals surface area contributed by atoms with E-state index < -0.39 is 0 Å². The number of thioether (sulfide) groups is 1. The van der Waals surface area contributed by atoms with Gasteiger partial charge in [0.1, 0.15) is 16.3 Å². The maximum absolute atomic E-state index is 13.1. The van der Waals surface area contributed by atoms with Gasteiger partial charge in [0.2, 0.25) is 0 Å². The molecule has 2 nitrogen and oxygen atoms in total. The van der Waals surface area contributed by atoms with Crippen LogP contribution in [-0.2, 0) is 18.6 Å². The number of halogens is 1. The molecule has 5 heteroatoms. The summed E-state index contributed by atoms with van der Waals surface area (Å²) < 4.78 is 13.8. The molecule has 1 aromatic heterocycles. The van der Waals surface area contributed by atoms with Crippen molar-refractivity contribution in [1.29, 1.82) is 0 Å². The Balaban J connectivity index is 1.77. The number of benzene rings is 1. The molecule has 1 aromatic carbocycles. The van der Waals surface area contributed by atoms with Gasteiger partial charge in [-0.05, 0) is 37.5 Å². The zero-order valence-corrected chi connectivity index (χ0v) is 11.9. The molecule has 0 spiro atoms. The van der Waals surface area contributed by atoms with Crippen LogP contribution in [0.15, 0.2) is 29.2 Å². The van der Waals surface area contributed by atoms with Gasteiger partial charge in [0.05, 0.1) is 5.75 Å². The average Bonchev–Trinajstić information content (AvgIpc) is 2.85. The molecular formula is C14H13FN2S2. The Labute approximate surface area is 120 Å². The van der Waals surface area contributed by atoms with Gasteiger partial charge in [0.15, 0.2) is 0 Å². The van der Waals surface area contributed by atoms with E-state index in [4.69, 9.17) is 12.2 Å². The van der Waals surface area contributed by atoms with Crippen LogP contribution in [0.4, 0.5) is 4.39 Å². The Bertz CT molecular complexity index is 667. The molecule has 1 N–H and O–H groups in total. The minimum absolute atomic E-state index is 0.208. The van der Waals surface area contributed by atoms with Gasteiger partial charge in [-0.15, -0.1) is 11.8 Å². The minimum atomic E-state index is -0.208. The average molecular weight is 292 g/mol. The van der Waals surface area contributed by atoms with Crippen molar-refractivity contribution in [3.05, 3.63) is 51.8 Å². The molecule has 0 amide bonds. The summed E-state index contributed by atoms with van der Waals surface area (Å²) in [4.78, 5) is 8.69. The van der Waals surface area contributed by atoms with E-state index in [0.717, 1.165) is 34.6 Å². The first kappa shape index (κ1) is 12.8. The number of aromatic amines is 1. The number of aryl methyl sites for hydroxylation is 1. The highest BCUT2D eigenvalue weighted by atomic mass is 32.2. The maximum Gasteiger partial charge on any atom is 0.133 e. The van der Waals surface area contributed by atoms with Gasteiger partial charge in [-0.1, -0.05) is 18.3 Å². The van der Waals surface area contributed by atoms with Crippen LogP contribution in [0.25, 0.3) is 0 Å². The molecule has 0 radical (unpaired) electrons. The fourth-order valence-corrected chi connectivity index (χ4v) is 3.43. The van der Waals surface area contributed by atoms with Gasteiger partial charge in [-0.3, -0.25) is 0 Å². The van der Waals surface area contributed by atoms with Crippen molar-refractivity contribution < 1.29 is 4.39 Å². The lowest BCUT2D eigenvalue weighted by molar-refractivity contribution is 0.624. The van der Waals surface area contributed by atoms with Crippen molar-refractivity contribution in [1.82, 2.24) is 9.97 Å². The predicted octanol–water partition coefficient (Wildman–Crippen LogP) is 4.06. The molecule has 3 rings (SSSR count). The molecule has 0 fully saturated rings. The Morgan fingerprint density at radius 1 is 1.37 bits per heavy atom. The largest absolute Gasteiger partial charge is 0.346 e. The molecule has 0 saturated carbocycles. The van der Waals surface area contributed by atoms with E-state index in [-0.39, 0.29) is 5.82 Å². The van der Waals surface area contributed by atoms with Crippen LogP contribution in [-0.4, -0.2) is 9.97 Å². The molecule has 0 atom stereocenters. The summed E-state index contributed by atoms with van der Waals surface area (Å²) >= 11 is 6.88. The van der Waals surface area contributed by atoms with Crippen molar-refractivity contribution in [2.45, 2.75) is 29.9 Å². The fourth-order valence-electron chi connectivity index (χ4n) is 2.29. The number of nitrogens with zero attached hydrogens (tertiary/aromatic N) is 1. The molecule has 2 aromatic rings. The second-order valence-electron chi connectivity index (χ2n) is 4.55. The van der Waals surface area contributed by atoms with Gasteiger partial charge in [-0.25, -0.2) is 9.37 Å². The van der Waals surface area contributed by atoms with Gasteiger partial charge < -0.3 is 4.98 Å². The lowest BCUT2D eigenvalue weighted by Crippen LogP contribution is -1.99. The summed E-state index contributed by atoms with van der Waals surface area (Å²) in [6.45, 7) is 0. The highest BCUT2D eigenvalue weighted by Gasteiger charge is 2.14. The Kier molecular flexibility index (Phi) is 3.66. The van der Waals surface area contributed by atoms with Crippen molar-refractivity contribution >= 4 is 24.0 Å². The van der Waals surface area contributed by atoms with Crippen LogP contribution in [0, 0.1) is 10.5 Å². The Hall–Kier alpha value is -1.20. The zero-order valence-electron chi connectivity index (χ0n) is 10.3. The van der Waals surface area contributed by atoms with E-state index in [1.54, 1.807) is 17.8 Å². The van der Waals surface area contributed by atoms with Crippen LogP contribution in [0.3, 0.4) is 0 Å². The highest BCUT2D eigenvalue weighted by molar-refractivity contribution is 7.98. The summed E-state index contributed by atoms with van der Waals surface area (Å²) in [5.74, 6) is 1.35. The lowest BCUT2D eigenvalue weighted by Gasteiger charge is -2.05. The van der Waals surface area contributed by atoms with Crippen molar-refractivity contribution in [2.24, 2.45) is 0 Å². The molecule has 1 aliphatic rings. The van der Waals surface area contributed by atoms with E-state index in [0.29, 0.717) is 5.75 Å². The van der Waals surface area contributed by atoms with E-state index in [1.807, 2.05) is 6.07 Å². The van der Waals surface area contributed by atoms with Crippen molar-refractivity contribution in [3.8, 4) is 0 Å². The highest BCUT2D eigenvalue weighted by Crippen LogP contribution is 2.24. The maximum atomic E-state index is 13.1. The summed E-state index contributed by atoms with van der Waals surface area (Å²) in [6, 6.07) is 6.60. The third-order valence-electron chi connectivity index (χ3n) is 3.18. The summed E-state index contributed by atoms with van der Waals surface area (Å²) in [5.41, 5.74) is 2.43. The summed E-state index contributed by atoms with van der Waals surface area (Å²) in [7, 11) is 0. The van der Waals surface area contributed by atoms with Crippen molar-refractivity contribution in [3.63, 3.8) is 0 Å². The molecular weight excluding hydrogens is 279 g/mol. The predicted molar refractivity (Wildman–Crippen MR) is 77.4 cm³/mol. The van der Waals surface area contributed by atoms with Gasteiger partial charge >= 0.3 is 0 Å². The smallest absolute Gasteiger partial charge is 0.133 e. The second-order valence-corrected chi connectivity index (χ2v) is 5.98. The minimum Gasteiger partial charge on any atom is -0.346 e. The third kappa shape index (κ3) is 2.87. The van der Waals surface area contributed by atoms with E-state index >= 15 is 0 Å². The lowest BCUT2D eigenvalue weighted by atomic mass is 10.3. The van der Waals surface area contributed by atoms with E-state index in [1.165, 1.54) is 23.4 Å². The Morgan fingerprint density at radius 2 is 2.26 bits per heavy atom. The zero-order chi connectivity index (χ0) is 13.2. The normalized spacial score (nSPS) is 13.5. The first-order valence-electron chi connectivity index (χ1n) is 6.22. The molecule has 0 saturated heterocycles. The third-order valence-corrected chi connectivity index (χ3v) is 4.52. The summed E-state index contributed by atoms with van der Waals surface area (Å²) in [6.07, 6.45) is 3.24. The number of hydrogen-bond acceptors (Lipinski definition) is 3. The van der Waals surface area contributed by atoms with E-state index in [2.05, 4.69) is 9.97 Å². The topological polar surface area (TPSA) is 28.7 Å². The first-order chi connectivity index (χ1) is 9.22. The van der Waals surface area contributed by atoms with Crippen LogP contribution < -0.4 is 0 Å².